The molecule has 0 unspecified atom stereocenters. The molecule has 0 saturated heterocycles. The van der Waals surface area contributed by atoms with E-state index in [1.807, 2.05) is 19.0 Å². The number of aryl methyl sites for hydroxylation is 2. The number of rotatable bonds is 7. The molecule has 2 rings (SSSR count). The first-order valence-electron chi connectivity index (χ1n) is 7.92. The first-order valence-corrected chi connectivity index (χ1v) is 7.92. The van der Waals surface area contributed by atoms with Crippen molar-refractivity contribution in [3.05, 3.63) is 58.3 Å². The molecule has 0 aliphatic carbocycles. The van der Waals surface area contributed by atoms with E-state index in [-0.39, 0.29) is 54.6 Å². The Morgan fingerprint density at radius 1 is 1.00 bits per heavy atom. The topological polar surface area (TPSA) is 42.1 Å². The molecule has 0 spiro atoms. The van der Waals surface area contributed by atoms with Crippen LogP contribution in [0, 0.1) is 11.6 Å². The van der Waals surface area contributed by atoms with Crippen molar-refractivity contribution >= 4 is 30.6 Å². The van der Waals surface area contributed by atoms with Gasteiger partial charge in [-0.2, -0.15) is 0 Å². The Balaban J connectivity index is 0.00000338. The highest BCUT2D eigenvalue weighted by Gasteiger charge is 2.14. The van der Waals surface area contributed by atoms with Gasteiger partial charge in [0.2, 0.25) is 0 Å². The number of nitrogen functional groups attached to an aromatic ring is 1. The molecular weight excluding hydrogens is 405 g/mol. The van der Waals surface area contributed by atoms with E-state index >= 15 is 0 Å². The van der Waals surface area contributed by atoms with Crippen molar-refractivity contribution < 1.29 is 17.6 Å². The number of pyridine rings is 1. The van der Waals surface area contributed by atoms with Gasteiger partial charge in [-0.25, -0.2) is 22.5 Å². The van der Waals surface area contributed by atoms with Crippen LogP contribution >= 0.6 is 24.8 Å². The van der Waals surface area contributed by atoms with Gasteiger partial charge >= 0.3 is 0 Å². The zero-order chi connectivity index (χ0) is 18.6. The summed E-state index contributed by atoms with van der Waals surface area (Å²) in [5.41, 5.74) is 6.52. The molecule has 0 aliphatic heterocycles. The summed E-state index contributed by atoms with van der Waals surface area (Å²) in [4.78, 5) is 5.93. The van der Waals surface area contributed by atoms with E-state index in [0.29, 0.717) is 24.2 Å². The SMILES string of the molecule is CN(C)CCc1cc(F)c(F)c(CCc2cc(C(F)F)cc(N)n2)c1.Cl.Cl. The van der Waals surface area contributed by atoms with Crippen molar-refractivity contribution in [1.29, 1.82) is 0 Å². The Labute approximate surface area is 168 Å². The van der Waals surface area contributed by atoms with Crippen LogP contribution in [0.4, 0.5) is 23.4 Å². The fourth-order valence-corrected chi connectivity index (χ4v) is 2.54. The maximum Gasteiger partial charge on any atom is 0.264 e. The molecule has 0 saturated carbocycles. The number of anilines is 1. The van der Waals surface area contributed by atoms with E-state index in [9.17, 15) is 17.6 Å². The van der Waals surface area contributed by atoms with Gasteiger partial charge in [0, 0.05) is 17.8 Å². The molecule has 0 fully saturated rings. The van der Waals surface area contributed by atoms with Gasteiger partial charge in [0.25, 0.3) is 6.43 Å². The Bertz CT molecular complexity index is 743. The van der Waals surface area contributed by atoms with Gasteiger partial charge in [0.1, 0.15) is 5.82 Å². The van der Waals surface area contributed by atoms with Gasteiger partial charge in [-0.1, -0.05) is 6.07 Å². The van der Waals surface area contributed by atoms with E-state index in [1.165, 1.54) is 12.1 Å². The molecule has 2 N–H and O–H groups in total. The normalized spacial score (nSPS) is 10.7. The molecule has 152 valence electrons. The molecule has 0 atom stereocenters. The molecule has 0 radical (unpaired) electrons. The van der Waals surface area contributed by atoms with E-state index < -0.39 is 18.1 Å². The van der Waals surface area contributed by atoms with Crippen molar-refractivity contribution in [3.8, 4) is 0 Å². The minimum atomic E-state index is -2.66. The lowest BCUT2D eigenvalue weighted by Crippen LogP contribution is -2.15. The summed E-state index contributed by atoms with van der Waals surface area (Å²) in [6.07, 6.45) is -1.73. The molecule has 9 heteroatoms. The second kappa shape index (κ2) is 11.3. The Morgan fingerprint density at radius 3 is 2.26 bits per heavy atom. The fraction of sp³-hybridized carbons (Fsp3) is 0.389. The maximum absolute atomic E-state index is 14.0. The average molecular weight is 428 g/mol. The van der Waals surface area contributed by atoms with Crippen LogP contribution in [0.15, 0.2) is 24.3 Å². The fourth-order valence-electron chi connectivity index (χ4n) is 2.54. The van der Waals surface area contributed by atoms with Crippen LogP contribution in [0.2, 0.25) is 0 Å². The van der Waals surface area contributed by atoms with E-state index in [2.05, 4.69) is 4.98 Å². The summed E-state index contributed by atoms with van der Waals surface area (Å²) < 4.78 is 53.4. The van der Waals surface area contributed by atoms with Crippen molar-refractivity contribution in [2.45, 2.75) is 25.7 Å². The average Bonchev–Trinajstić information content (AvgIpc) is 2.54. The molecule has 1 aromatic heterocycles. The summed E-state index contributed by atoms with van der Waals surface area (Å²) in [5, 5.41) is 0. The largest absolute Gasteiger partial charge is 0.384 e. The summed E-state index contributed by atoms with van der Waals surface area (Å²) in [5.74, 6) is -1.83. The lowest BCUT2D eigenvalue weighted by atomic mass is 10.0. The molecule has 0 bridgehead atoms. The lowest BCUT2D eigenvalue weighted by Gasteiger charge is -2.12. The second-order valence-corrected chi connectivity index (χ2v) is 6.22. The number of nitrogens with zero attached hydrogens (tertiary/aromatic N) is 2. The first-order chi connectivity index (χ1) is 11.8. The third-order valence-corrected chi connectivity index (χ3v) is 3.83. The third-order valence-electron chi connectivity index (χ3n) is 3.83. The molecule has 0 aliphatic rings. The number of nitrogens with two attached hydrogens (primary N) is 1. The summed E-state index contributed by atoms with van der Waals surface area (Å²) in [6, 6.07) is 5.15. The van der Waals surface area contributed by atoms with Crippen LogP contribution < -0.4 is 5.73 Å². The number of alkyl halides is 2. The number of benzene rings is 1. The summed E-state index contributed by atoms with van der Waals surface area (Å²) >= 11 is 0. The van der Waals surface area contributed by atoms with E-state index in [4.69, 9.17) is 5.73 Å². The van der Waals surface area contributed by atoms with E-state index in [1.54, 1.807) is 6.07 Å². The molecule has 3 nitrogen and oxygen atoms in total. The van der Waals surface area contributed by atoms with Crippen LogP contribution in [0.3, 0.4) is 0 Å². The highest BCUT2D eigenvalue weighted by molar-refractivity contribution is 5.85. The van der Waals surface area contributed by atoms with Gasteiger partial charge < -0.3 is 10.6 Å². The van der Waals surface area contributed by atoms with Crippen molar-refractivity contribution in [2.75, 3.05) is 26.4 Å². The van der Waals surface area contributed by atoms with Crippen LogP contribution in [0.25, 0.3) is 0 Å². The number of hydrogen-bond acceptors (Lipinski definition) is 3. The summed E-state index contributed by atoms with van der Waals surface area (Å²) in [6.45, 7) is 0.707. The third kappa shape index (κ3) is 7.52. The van der Waals surface area contributed by atoms with Crippen molar-refractivity contribution in [2.24, 2.45) is 0 Å². The number of halogens is 6. The monoisotopic (exact) mass is 427 g/mol. The molecule has 27 heavy (non-hydrogen) atoms. The van der Waals surface area contributed by atoms with Crippen LogP contribution in [0.5, 0.6) is 0 Å². The van der Waals surface area contributed by atoms with Gasteiger partial charge in [-0.15, -0.1) is 24.8 Å². The highest BCUT2D eigenvalue weighted by Crippen LogP contribution is 2.22. The quantitative estimate of drug-likeness (QED) is 0.655. The minimum Gasteiger partial charge on any atom is -0.384 e. The molecule has 1 heterocycles. The summed E-state index contributed by atoms with van der Waals surface area (Å²) in [7, 11) is 3.79. The Kier molecular flexibility index (Phi) is 10.7. The Morgan fingerprint density at radius 2 is 1.67 bits per heavy atom. The van der Waals surface area contributed by atoms with Crippen LogP contribution in [0.1, 0.15) is 28.8 Å². The van der Waals surface area contributed by atoms with Gasteiger partial charge in [-0.3, -0.25) is 0 Å². The van der Waals surface area contributed by atoms with E-state index in [0.717, 1.165) is 6.07 Å². The van der Waals surface area contributed by atoms with Crippen molar-refractivity contribution in [3.63, 3.8) is 0 Å². The molecule has 1 aromatic carbocycles. The lowest BCUT2D eigenvalue weighted by molar-refractivity contribution is 0.151. The number of likely N-dealkylation sites (N-methyl/N-ethyl adjacent to an activating group) is 1. The van der Waals surface area contributed by atoms with Gasteiger partial charge in [0.05, 0.1) is 0 Å². The van der Waals surface area contributed by atoms with Crippen LogP contribution in [-0.2, 0) is 19.3 Å². The smallest absolute Gasteiger partial charge is 0.264 e. The predicted molar refractivity (Wildman–Crippen MR) is 104 cm³/mol. The number of hydrogen-bond donors (Lipinski definition) is 1. The minimum absolute atomic E-state index is 0. The zero-order valence-electron chi connectivity index (χ0n) is 15.0. The predicted octanol–water partition coefficient (Wildman–Crippen LogP) is 4.61. The highest BCUT2D eigenvalue weighted by atomic mass is 35.5. The standard InChI is InChI=1S/C18H21F4N3.2ClH/c1-25(2)6-5-11-7-12(17(20)15(19)8-11)3-4-14-9-13(18(21)22)10-16(23)24-14;;/h7-10,18H,3-6H2,1-2H3,(H2,23,24);2*1H. The molecular formula is C18H23Cl2F4N3. The van der Waals surface area contributed by atoms with Gasteiger partial charge in [-0.05, 0) is 62.7 Å². The maximum atomic E-state index is 14.0. The first kappa shape index (κ1) is 25.4. The number of aromatic nitrogens is 1. The molecule has 0 amide bonds. The zero-order valence-corrected chi connectivity index (χ0v) is 16.6. The Hall–Kier alpha value is -1.57. The van der Waals surface area contributed by atoms with Gasteiger partial charge in [0.15, 0.2) is 11.6 Å². The second-order valence-electron chi connectivity index (χ2n) is 6.22. The van der Waals surface area contributed by atoms with Crippen LogP contribution in [-0.4, -0.2) is 30.5 Å². The van der Waals surface area contributed by atoms with Crippen molar-refractivity contribution in [1.82, 2.24) is 9.88 Å². The molecule has 2 aromatic rings.